The van der Waals surface area contributed by atoms with E-state index in [0.717, 1.165) is 210 Å². The van der Waals surface area contributed by atoms with Gasteiger partial charge in [0.1, 0.15) is 46.7 Å². The first-order valence-corrected chi connectivity index (χ1v) is 49.6. The van der Waals surface area contributed by atoms with Crippen LogP contribution in [0.1, 0.15) is 157 Å². The fourth-order valence-electron chi connectivity index (χ4n) is 22.4. The Bertz CT molecular complexity index is 4610. The van der Waals surface area contributed by atoms with Crippen LogP contribution in [0.15, 0.2) is 162 Å². The highest BCUT2D eigenvalue weighted by Gasteiger charge is 2.43. The lowest BCUT2D eigenvalue weighted by atomic mass is 9.83. The molecule has 0 amide bonds. The predicted molar refractivity (Wildman–Crippen MR) is 530 cm³/mol. The predicted octanol–water partition coefficient (Wildman–Crippen LogP) is 13.1. The molecule has 12 aliphatic heterocycles. The molecule has 13 aliphatic rings. The Balaban J connectivity index is 0.000000132. The summed E-state index contributed by atoms with van der Waals surface area (Å²) in [6.07, 6.45) is 25.7. The number of rotatable bonds is 19. The summed E-state index contributed by atoms with van der Waals surface area (Å²) in [5.41, 5.74) is 30.1. The van der Waals surface area contributed by atoms with Crippen LogP contribution in [-0.4, -0.2) is 323 Å². The lowest BCUT2D eigenvalue weighted by Gasteiger charge is -2.51. The van der Waals surface area contributed by atoms with Crippen molar-refractivity contribution in [1.29, 1.82) is 0 Å². The van der Waals surface area contributed by atoms with Gasteiger partial charge in [0.2, 0.25) is 0 Å². The minimum atomic E-state index is 0.196. The van der Waals surface area contributed by atoms with Crippen LogP contribution >= 0.6 is 58.0 Å². The number of hydrogen-bond acceptors (Lipinski definition) is 25. The van der Waals surface area contributed by atoms with E-state index in [1.54, 1.807) is 0 Å². The number of halogens is 5. The summed E-state index contributed by atoms with van der Waals surface area (Å²) in [7, 11) is 6.77. The molecule has 9 fully saturated rings. The Kier molecular flexibility index (Phi) is 34.4. The monoisotopic (exact) mass is 1850 g/mol. The SMILES string of the molecule is CC(C)CN1CCN(C2CCN(C3=NN=C(N)C3)CC2)C(Cc2ccc(Cl)cc2)C1.CN1CC(Cc2ccc(Cl)cc2)N(C2CCN(C3=NN=C(N)C3)CC2)C[C@@H]1CC1CCCCC1.CN1CC(Cc2ccc(Cl)cc2)N(C2CCN(C3=NN=C(N)C3)CC2)C[C@@H]1CO.CN1CC(Cc2ccc(Cl)cc2)N(C2CCN(C3=NN=C(N)C3)CC2)C[C@@H]1Cc1ccc(Cl)cc1. The molecule has 1 saturated carbocycles. The Labute approximate surface area is 786 Å². The van der Waals surface area contributed by atoms with Crippen LogP contribution in [-0.2, 0) is 32.1 Å². The molecule has 694 valence electrons. The number of likely N-dealkylation sites (N-methyl/N-ethyl adjacent to an activating group) is 3. The van der Waals surface area contributed by atoms with Gasteiger partial charge in [-0.05, 0) is 211 Å². The van der Waals surface area contributed by atoms with E-state index < -0.39 is 0 Å². The largest absolute Gasteiger partial charge is 0.395 e. The van der Waals surface area contributed by atoms with Crippen LogP contribution in [0, 0.1) is 11.8 Å². The van der Waals surface area contributed by atoms with E-state index in [0.29, 0.717) is 115 Å². The summed E-state index contributed by atoms with van der Waals surface area (Å²) >= 11 is 30.6. The summed E-state index contributed by atoms with van der Waals surface area (Å²) in [6, 6.07) is 47.5. The first-order chi connectivity index (χ1) is 62.0. The van der Waals surface area contributed by atoms with Crippen molar-refractivity contribution >= 4 is 105 Å². The van der Waals surface area contributed by atoms with Crippen molar-refractivity contribution in [3.05, 3.63) is 174 Å². The van der Waals surface area contributed by atoms with Gasteiger partial charge in [0.05, 0.1) is 32.3 Å². The zero-order valence-electron chi connectivity index (χ0n) is 76.3. The van der Waals surface area contributed by atoms with Crippen LogP contribution in [0.4, 0.5) is 0 Å². The van der Waals surface area contributed by atoms with Crippen LogP contribution in [0.2, 0.25) is 25.1 Å². The van der Waals surface area contributed by atoms with Crippen molar-refractivity contribution in [2.75, 3.05) is 146 Å². The van der Waals surface area contributed by atoms with Gasteiger partial charge in [0.15, 0.2) is 0 Å². The minimum absolute atomic E-state index is 0.196. The van der Waals surface area contributed by atoms with Crippen molar-refractivity contribution in [1.82, 2.24) is 58.8 Å². The van der Waals surface area contributed by atoms with Gasteiger partial charge in [-0.15, -0.1) is 40.8 Å². The molecular weight excluding hydrogens is 1710 g/mol. The second kappa shape index (κ2) is 46.1. The Morgan fingerprint density at radius 1 is 0.312 bits per heavy atom. The first kappa shape index (κ1) is 95.6. The second-order valence-corrected chi connectivity index (χ2v) is 41.1. The van der Waals surface area contributed by atoms with E-state index in [-0.39, 0.29) is 12.6 Å². The van der Waals surface area contributed by atoms with Gasteiger partial charge >= 0.3 is 0 Å². The number of nitrogens with two attached hydrogens (primary N) is 4. The lowest BCUT2D eigenvalue weighted by Crippen LogP contribution is -2.62. The average Bonchev–Trinajstić information content (AvgIpc) is 0.772. The number of hydrogen-bond donors (Lipinski definition) is 5. The van der Waals surface area contributed by atoms with E-state index in [1.165, 1.54) is 112 Å². The van der Waals surface area contributed by atoms with E-state index in [1.807, 2.05) is 60.7 Å². The van der Waals surface area contributed by atoms with E-state index in [4.69, 9.17) is 80.9 Å². The number of aliphatic hydroxyl groups is 1. The molecule has 30 heteroatoms. The molecule has 128 heavy (non-hydrogen) atoms. The van der Waals surface area contributed by atoms with Gasteiger partial charge in [-0.3, -0.25) is 24.5 Å². The first-order valence-electron chi connectivity index (χ1n) is 47.7. The zero-order valence-corrected chi connectivity index (χ0v) is 80.1. The fourth-order valence-corrected chi connectivity index (χ4v) is 23.0. The van der Waals surface area contributed by atoms with Crippen molar-refractivity contribution in [3.8, 4) is 0 Å². The van der Waals surface area contributed by atoms with Gasteiger partial charge in [-0.25, -0.2) is 0 Å². The van der Waals surface area contributed by atoms with E-state index in [9.17, 15) is 5.11 Å². The molecule has 7 atom stereocenters. The van der Waals surface area contributed by atoms with Crippen LogP contribution < -0.4 is 22.9 Å². The number of piperazine rings is 4. The minimum Gasteiger partial charge on any atom is -0.395 e. The number of aliphatic hydroxyl groups excluding tert-OH is 1. The maximum atomic E-state index is 9.86. The summed E-state index contributed by atoms with van der Waals surface area (Å²) in [5, 5.41) is 47.1. The van der Waals surface area contributed by atoms with E-state index in [2.05, 4.69) is 195 Å². The third kappa shape index (κ3) is 26.5. The number of nitrogens with zero attached hydrogens (tertiary/aromatic N) is 20. The fraction of sp³-hybridized carbons (Fsp3) is 0.612. The van der Waals surface area contributed by atoms with Crippen molar-refractivity contribution in [2.45, 2.75) is 228 Å². The Hall–Kier alpha value is -7.05. The molecule has 8 saturated heterocycles. The average molecular weight is 1850 g/mol. The number of piperidine rings is 4. The van der Waals surface area contributed by atoms with Gasteiger partial charge in [0.25, 0.3) is 0 Å². The molecular formula is C98H141Cl5N24O. The molecule has 5 aromatic rings. The highest BCUT2D eigenvalue weighted by molar-refractivity contribution is 6.31. The number of benzene rings is 5. The van der Waals surface area contributed by atoms with Crippen molar-refractivity contribution in [3.63, 3.8) is 0 Å². The quantitative estimate of drug-likeness (QED) is 0.0514. The molecule has 12 heterocycles. The summed E-state index contributed by atoms with van der Waals surface area (Å²) in [6.45, 7) is 24.0. The normalized spacial score (nSPS) is 26.1. The molecule has 9 N–H and O–H groups in total. The zero-order chi connectivity index (χ0) is 89.3. The van der Waals surface area contributed by atoms with Crippen LogP contribution in [0.25, 0.3) is 0 Å². The van der Waals surface area contributed by atoms with Crippen molar-refractivity contribution in [2.24, 2.45) is 75.6 Å². The Morgan fingerprint density at radius 3 is 0.883 bits per heavy atom. The van der Waals surface area contributed by atoms with Crippen molar-refractivity contribution < 1.29 is 5.11 Å². The lowest BCUT2D eigenvalue weighted by molar-refractivity contribution is -0.0166. The molecule has 18 rings (SSSR count). The molecule has 5 aromatic carbocycles. The van der Waals surface area contributed by atoms with Gasteiger partial charge in [-0.1, -0.05) is 165 Å². The molecule has 0 radical (unpaired) electrons. The summed E-state index contributed by atoms with van der Waals surface area (Å²) < 4.78 is 0. The van der Waals surface area contributed by atoms with E-state index >= 15 is 0 Å². The second-order valence-electron chi connectivity index (χ2n) is 39.0. The molecule has 0 aromatic heterocycles. The topological polar surface area (TPSA) is 262 Å². The number of likely N-dealkylation sites (tertiary alicyclic amines) is 4. The highest BCUT2D eigenvalue weighted by atomic mass is 35.5. The summed E-state index contributed by atoms with van der Waals surface area (Å²) in [4.78, 5) is 30.8. The molecule has 1 aliphatic carbocycles. The standard InChI is InChI=1S/C27H34Cl2N6.C27H41ClN6.C23H35ClN6.C21H31ClN6O/c1-33-17-25(15-20-4-8-22(29)9-5-20)35(18-24(33)14-19-2-6-21(28)7-3-19)23-10-12-34(13-11-23)27-16-26(30)31-32-27;1-32-18-25(16-21-7-9-22(28)10-8-21)34(19-24(32)15-20-5-3-2-4-6-20)23-11-13-33(14-12-23)27-17-26(29)30-31-27;1-17(2)15-28-11-12-30(21(16-28)13-18-3-5-19(24)6-4-18)20-7-9-29(10-8-20)23-14-22(25)26-27-23;1-26-12-18(10-15-2-4-16(22)5-3-15)28(13-19(26)14-29)17-6-8-27(9-7-17)21-11-20(23)24-25-21/h2-9,23-25H,10-18H2,1H3,(H2,30,31);7-10,20,23-25H,2-6,11-19H2,1H3,(H2,29,30);3-6,17,20-21H,7-16H2,1-2H3,(H2,25,26);2-5,17-19,29H,6-14H2,1H3,(H2,23,24)/t2*24-,25?;;18?,19-/m00.1/s1. The van der Waals surface area contributed by atoms with Gasteiger partial charge in [-0.2, -0.15) is 0 Å². The third-order valence-electron chi connectivity index (χ3n) is 29.5. The number of amidine groups is 8. The summed E-state index contributed by atoms with van der Waals surface area (Å²) in [5.74, 6) is 8.27. The third-order valence-corrected chi connectivity index (χ3v) is 30.7. The van der Waals surface area contributed by atoms with Gasteiger partial charge < -0.3 is 62.3 Å². The smallest absolute Gasteiger partial charge is 0.135 e. The Morgan fingerprint density at radius 2 is 0.586 bits per heavy atom. The molecule has 4 unspecified atom stereocenters. The van der Waals surface area contributed by atoms with Crippen LogP contribution in [0.5, 0.6) is 0 Å². The highest BCUT2D eigenvalue weighted by Crippen LogP contribution is 2.37. The molecule has 0 bridgehead atoms. The molecule has 0 spiro atoms. The van der Waals surface area contributed by atoms with Gasteiger partial charge in [0, 0.05) is 209 Å². The molecule has 25 nitrogen and oxygen atoms in total. The maximum absolute atomic E-state index is 9.86. The van der Waals surface area contributed by atoms with Crippen LogP contribution in [0.3, 0.4) is 0 Å². The maximum Gasteiger partial charge on any atom is 0.135 e.